The van der Waals surface area contributed by atoms with Gasteiger partial charge in [0, 0.05) is 11.1 Å². The number of benzene rings is 1. The number of nitrogens with zero attached hydrogens (tertiary/aromatic N) is 1. The molecule has 144 valence electrons. The number of ether oxygens (including phenoxy) is 1. The number of carbonyl (C=O) groups excluding carboxylic acids is 1. The third-order valence-corrected chi connectivity index (χ3v) is 9.00. The van der Waals surface area contributed by atoms with Crippen LogP contribution in [0, 0.1) is 3.82 Å². The van der Waals surface area contributed by atoms with Crippen molar-refractivity contribution >= 4 is 44.5 Å². The van der Waals surface area contributed by atoms with Crippen molar-refractivity contribution in [3.63, 3.8) is 0 Å². The second kappa shape index (κ2) is 7.28. The van der Waals surface area contributed by atoms with Gasteiger partial charge < -0.3 is 9.64 Å². The highest BCUT2D eigenvalue weighted by Crippen LogP contribution is 2.52. The summed E-state index contributed by atoms with van der Waals surface area (Å²) in [6.45, 7) is 7.02. The van der Waals surface area contributed by atoms with E-state index in [2.05, 4.69) is 13.8 Å². The molecule has 1 N–H and O–H groups in total. The van der Waals surface area contributed by atoms with Gasteiger partial charge >= 0.3 is 0 Å². The van der Waals surface area contributed by atoms with Crippen LogP contribution in [0.15, 0.2) is 18.2 Å². The van der Waals surface area contributed by atoms with Crippen molar-refractivity contribution in [2.24, 2.45) is 0 Å². The maximum Gasteiger partial charge on any atom is 0.282 e. The summed E-state index contributed by atoms with van der Waals surface area (Å²) in [5, 5.41) is 0. The predicted octanol–water partition coefficient (Wildman–Crippen LogP) is 3.87. The van der Waals surface area contributed by atoms with Crippen molar-refractivity contribution in [1.29, 1.82) is 0 Å². The molecule has 0 saturated carbocycles. The number of quaternary nitrogens is 1. The fraction of sp³-hybridized carbons (Fsp3) is 0.500. The number of anilines is 1. The Kier molecular flexibility index (Phi) is 5.14. The van der Waals surface area contributed by atoms with Crippen LogP contribution in [-0.2, 0) is 10.3 Å². The predicted molar refractivity (Wildman–Crippen MR) is 115 cm³/mol. The van der Waals surface area contributed by atoms with Crippen LogP contribution in [0.25, 0.3) is 11.1 Å². The summed E-state index contributed by atoms with van der Waals surface area (Å²) in [4.78, 5) is 18.1. The highest BCUT2D eigenvalue weighted by atomic mass is 32.9. The lowest BCUT2D eigenvalue weighted by molar-refractivity contribution is -0.896. The minimum atomic E-state index is -0.401. The molecule has 0 spiro atoms. The summed E-state index contributed by atoms with van der Waals surface area (Å²) < 4.78 is 6.34. The highest BCUT2D eigenvalue weighted by molar-refractivity contribution is 7.80. The summed E-state index contributed by atoms with van der Waals surface area (Å²) in [6, 6.07) is 5.97. The number of hydrogen-bond donors (Lipinski definition) is 1. The van der Waals surface area contributed by atoms with Crippen molar-refractivity contribution in [1.82, 2.24) is 0 Å². The molecule has 2 aliphatic rings. The van der Waals surface area contributed by atoms with Crippen LogP contribution < -0.4 is 14.5 Å². The molecule has 2 aromatic rings. The zero-order valence-corrected chi connectivity index (χ0v) is 18.4. The van der Waals surface area contributed by atoms with Gasteiger partial charge in [0.15, 0.2) is 6.54 Å². The minimum Gasteiger partial charge on any atom is -0.497 e. The molecule has 1 saturated heterocycles. The Morgan fingerprint density at radius 3 is 2.70 bits per heavy atom. The molecule has 4 rings (SSSR count). The molecule has 1 aromatic carbocycles. The number of methoxy groups -OCH3 is 1. The number of rotatable bonds is 3. The molecular weight excluding hydrogens is 396 g/mol. The van der Waals surface area contributed by atoms with Crippen molar-refractivity contribution in [2.75, 3.05) is 31.6 Å². The van der Waals surface area contributed by atoms with Gasteiger partial charge in [-0.15, -0.1) is 0 Å². The van der Waals surface area contributed by atoms with Gasteiger partial charge in [-0.1, -0.05) is 32.9 Å². The van der Waals surface area contributed by atoms with Crippen LogP contribution in [0.4, 0.5) is 5.69 Å². The molecular formula is C20H25N2O2S3+. The van der Waals surface area contributed by atoms with Gasteiger partial charge in [0.05, 0.1) is 36.3 Å². The lowest BCUT2D eigenvalue weighted by Gasteiger charge is -2.43. The van der Waals surface area contributed by atoms with Crippen molar-refractivity contribution < 1.29 is 14.4 Å². The van der Waals surface area contributed by atoms with Gasteiger partial charge in [0.2, 0.25) is 0 Å². The molecule has 0 atom stereocenters. The van der Waals surface area contributed by atoms with Crippen molar-refractivity contribution in [3.05, 3.63) is 26.9 Å². The Balaban J connectivity index is 1.80. The van der Waals surface area contributed by atoms with Crippen molar-refractivity contribution in [3.8, 4) is 16.9 Å². The first-order valence-electron chi connectivity index (χ1n) is 9.42. The molecule has 7 heteroatoms. The van der Waals surface area contributed by atoms with Crippen LogP contribution in [0.3, 0.4) is 0 Å². The zero-order valence-electron chi connectivity index (χ0n) is 16.0. The fourth-order valence-electron chi connectivity index (χ4n) is 4.30. The van der Waals surface area contributed by atoms with E-state index in [1.54, 1.807) is 27.8 Å². The molecule has 0 unspecified atom stereocenters. The van der Waals surface area contributed by atoms with E-state index in [4.69, 9.17) is 17.0 Å². The van der Waals surface area contributed by atoms with Crippen LogP contribution in [-0.4, -0.2) is 32.7 Å². The molecule has 27 heavy (non-hydrogen) atoms. The summed E-state index contributed by atoms with van der Waals surface area (Å²) >= 11 is 5.65. The van der Waals surface area contributed by atoms with E-state index in [0.717, 1.165) is 39.5 Å². The van der Waals surface area contributed by atoms with Gasteiger partial charge in [0.1, 0.15) is 9.57 Å². The summed E-state index contributed by atoms with van der Waals surface area (Å²) in [7, 11) is 4.99. The standard InChI is InChI=1S/C20H24N2O2S3/c1-20(2)18-17(19(25)27-26-18)14-11-13(24-3)7-8-15(14)22(20)16(23)12-21-9-5-4-6-10-21/h7-8,11H,4-6,9-10,12H2,1-3H3/p+1. The number of hydrogen-bond acceptors (Lipinski definition) is 5. The molecule has 1 aromatic heterocycles. The van der Waals surface area contributed by atoms with Crippen LogP contribution in [0.1, 0.15) is 38.0 Å². The lowest BCUT2D eigenvalue weighted by Crippen LogP contribution is -3.14. The molecule has 0 aliphatic carbocycles. The summed E-state index contributed by atoms with van der Waals surface area (Å²) in [6.07, 6.45) is 3.72. The largest absolute Gasteiger partial charge is 0.497 e. The van der Waals surface area contributed by atoms with Gasteiger partial charge in [-0.3, -0.25) is 9.69 Å². The van der Waals surface area contributed by atoms with Crippen LogP contribution >= 0.6 is 32.9 Å². The lowest BCUT2D eigenvalue weighted by atomic mass is 9.87. The third kappa shape index (κ3) is 3.24. The highest BCUT2D eigenvalue weighted by Gasteiger charge is 2.43. The number of piperidine rings is 1. The molecule has 1 amide bonds. The first-order valence-corrected chi connectivity index (χ1v) is 12.0. The molecule has 4 nitrogen and oxygen atoms in total. The van der Waals surface area contributed by atoms with Gasteiger partial charge in [0.25, 0.3) is 5.91 Å². The SMILES string of the molecule is COc1ccc2c(c1)-c1c(ssc1=S)C(C)(C)N2C(=O)C[NH+]1CCCCC1. The molecule has 2 aliphatic heterocycles. The maximum atomic E-state index is 13.5. The number of fused-ring (bicyclic) bond motifs is 3. The third-order valence-electron chi connectivity index (χ3n) is 5.67. The molecule has 0 radical (unpaired) electrons. The first-order chi connectivity index (χ1) is 12.9. The second-order valence-electron chi connectivity index (χ2n) is 7.82. The van der Waals surface area contributed by atoms with Gasteiger partial charge in [-0.05, 0) is 51.3 Å². The van der Waals surface area contributed by atoms with Crippen molar-refractivity contribution in [2.45, 2.75) is 38.6 Å². The Hall–Kier alpha value is -1.28. The van der Waals surface area contributed by atoms with Gasteiger partial charge in [-0.25, -0.2) is 0 Å². The van der Waals surface area contributed by atoms with E-state index in [1.807, 2.05) is 23.1 Å². The number of nitrogens with one attached hydrogen (secondary N) is 1. The van der Waals surface area contributed by atoms with E-state index >= 15 is 0 Å². The Bertz CT molecular complexity index is 926. The van der Waals surface area contributed by atoms with Gasteiger partial charge in [-0.2, -0.15) is 0 Å². The Labute approximate surface area is 172 Å². The normalized spacial score (nSPS) is 18.7. The number of amides is 1. The second-order valence-corrected chi connectivity index (χ2v) is 10.6. The average molecular weight is 422 g/mol. The average Bonchev–Trinajstić information content (AvgIpc) is 3.05. The summed E-state index contributed by atoms with van der Waals surface area (Å²) in [5.74, 6) is 0.984. The summed E-state index contributed by atoms with van der Waals surface area (Å²) in [5.41, 5.74) is 2.68. The molecule has 0 bridgehead atoms. The van der Waals surface area contributed by atoms with Crippen LogP contribution in [0.5, 0.6) is 5.75 Å². The Morgan fingerprint density at radius 2 is 2.00 bits per heavy atom. The van der Waals surface area contributed by atoms with Crippen LogP contribution in [0.2, 0.25) is 0 Å². The smallest absolute Gasteiger partial charge is 0.282 e. The zero-order chi connectivity index (χ0) is 19.2. The quantitative estimate of drug-likeness (QED) is 0.604. The monoisotopic (exact) mass is 421 g/mol. The topological polar surface area (TPSA) is 34.0 Å². The maximum absolute atomic E-state index is 13.5. The van der Waals surface area contributed by atoms with E-state index in [1.165, 1.54) is 29.0 Å². The number of carbonyl (C=O) groups is 1. The minimum absolute atomic E-state index is 0.193. The number of likely N-dealkylation sites (tertiary alicyclic amines) is 1. The van der Waals surface area contributed by atoms with E-state index in [0.29, 0.717) is 6.54 Å². The molecule has 1 fully saturated rings. The molecule has 3 heterocycles. The van der Waals surface area contributed by atoms with E-state index < -0.39 is 5.54 Å². The fourth-order valence-corrected chi connectivity index (χ4v) is 7.58. The van der Waals surface area contributed by atoms with E-state index in [-0.39, 0.29) is 5.91 Å². The Morgan fingerprint density at radius 1 is 1.26 bits per heavy atom. The first kappa shape index (κ1) is 19.1. The van der Waals surface area contributed by atoms with E-state index in [9.17, 15) is 4.79 Å².